The minimum atomic E-state index is 0.316. The molecule has 0 radical (unpaired) electrons. The van der Waals surface area contributed by atoms with E-state index in [1.54, 1.807) is 0 Å². The summed E-state index contributed by atoms with van der Waals surface area (Å²) in [7, 11) is 2.10. The van der Waals surface area contributed by atoms with Crippen LogP contribution in [0.15, 0.2) is 17.1 Å². The molecule has 1 aliphatic heterocycles. The zero-order chi connectivity index (χ0) is 19.8. The molecular formula is C21H36N4O2S. The van der Waals surface area contributed by atoms with Gasteiger partial charge in [0.2, 0.25) is 0 Å². The lowest BCUT2D eigenvalue weighted by atomic mass is 10.2. The van der Waals surface area contributed by atoms with Crippen LogP contribution in [0.3, 0.4) is 0 Å². The molecule has 0 spiro atoms. The van der Waals surface area contributed by atoms with Crippen LogP contribution in [-0.2, 0) is 9.47 Å². The number of morpholine rings is 1. The van der Waals surface area contributed by atoms with E-state index in [1.807, 2.05) is 11.3 Å². The van der Waals surface area contributed by atoms with Gasteiger partial charge in [-0.15, -0.1) is 11.3 Å². The van der Waals surface area contributed by atoms with E-state index in [0.29, 0.717) is 6.04 Å². The van der Waals surface area contributed by atoms with Crippen LogP contribution in [0.5, 0.6) is 0 Å². The number of nitrogens with zero attached hydrogens (tertiary/aromatic N) is 3. The Morgan fingerprint density at radius 2 is 2.18 bits per heavy atom. The lowest BCUT2D eigenvalue weighted by molar-refractivity contribution is 0.0186. The number of hydrogen-bond acceptors (Lipinski definition) is 5. The van der Waals surface area contributed by atoms with Crippen LogP contribution in [0.25, 0.3) is 0 Å². The minimum absolute atomic E-state index is 0.316. The summed E-state index contributed by atoms with van der Waals surface area (Å²) in [6.07, 6.45) is 2.68. The number of aliphatic imine (C=N–C) groups is 1. The molecule has 1 saturated carbocycles. The van der Waals surface area contributed by atoms with Crippen molar-refractivity contribution in [1.82, 2.24) is 15.1 Å². The van der Waals surface area contributed by atoms with E-state index >= 15 is 0 Å². The third-order valence-electron chi connectivity index (χ3n) is 5.31. The Balaban J connectivity index is 1.60. The third-order valence-corrected chi connectivity index (χ3v) is 6.41. The molecule has 0 amide bonds. The number of nitrogens with one attached hydrogen (secondary N) is 1. The summed E-state index contributed by atoms with van der Waals surface area (Å²) in [4.78, 5) is 12.5. The number of rotatable bonds is 10. The van der Waals surface area contributed by atoms with Crippen LogP contribution >= 0.6 is 11.3 Å². The molecule has 0 bridgehead atoms. The van der Waals surface area contributed by atoms with Gasteiger partial charge in [0, 0.05) is 49.6 Å². The van der Waals surface area contributed by atoms with Crippen molar-refractivity contribution < 1.29 is 9.47 Å². The van der Waals surface area contributed by atoms with Crippen molar-refractivity contribution in [3.63, 3.8) is 0 Å². The van der Waals surface area contributed by atoms with E-state index in [1.165, 1.54) is 22.6 Å². The zero-order valence-electron chi connectivity index (χ0n) is 17.7. The second-order valence-electron chi connectivity index (χ2n) is 7.75. The van der Waals surface area contributed by atoms with Crippen molar-refractivity contribution in [2.24, 2.45) is 10.9 Å². The van der Waals surface area contributed by atoms with E-state index in [9.17, 15) is 0 Å². The largest absolute Gasteiger partial charge is 0.379 e. The summed E-state index contributed by atoms with van der Waals surface area (Å²) in [5, 5.41) is 3.44. The molecule has 0 aromatic carbocycles. The van der Waals surface area contributed by atoms with Gasteiger partial charge in [-0.05, 0) is 44.7 Å². The molecule has 7 heteroatoms. The molecule has 3 rings (SSSR count). The van der Waals surface area contributed by atoms with Gasteiger partial charge in [0.1, 0.15) is 0 Å². The van der Waals surface area contributed by atoms with Gasteiger partial charge in [0.15, 0.2) is 5.96 Å². The number of thiophene rings is 1. The molecule has 6 nitrogen and oxygen atoms in total. The molecule has 2 aliphatic rings. The summed E-state index contributed by atoms with van der Waals surface area (Å²) in [6, 6.07) is 4.79. The van der Waals surface area contributed by atoms with Gasteiger partial charge in [-0.3, -0.25) is 9.89 Å². The van der Waals surface area contributed by atoms with Crippen molar-refractivity contribution >= 4 is 17.3 Å². The van der Waals surface area contributed by atoms with Gasteiger partial charge in [-0.2, -0.15) is 0 Å². The quantitative estimate of drug-likeness (QED) is 0.366. The van der Waals surface area contributed by atoms with Crippen molar-refractivity contribution in [2.75, 3.05) is 66.2 Å². The van der Waals surface area contributed by atoms with Gasteiger partial charge in [0.05, 0.1) is 32.4 Å². The Morgan fingerprint density at radius 1 is 1.39 bits per heavy atom. The maximum Gasteiger partial charge on any atom is 0.193 e. The highest BCUT2D eigenvalue weighted by molar-refractivity contribution is 7.12. The van der Waals surface area contributed by atoms with Gasteiger partial charge < -0.3 is 19.7 Å². The van der Waals surface area contributed by atoms with E-state index in [2.05, 4.69) is 48.1 Å². The fraction of sp³-hybridized carbons (Fsp3) is 0.762. The van der Waals surface area contributed by atoms with E-state index in [0.717, 1.165) is 71.0 Å². The summed E-state index contributed by atoms with van der Waals surface area (Å²) >= 11 is 1.88. The zero-order valence-corrected chi connectivity index (χ0v) is 18.5. The van der Waals surface area contributed by atoms with Crippen molar-refractivity contribution in [3.8, 4) is 0 Å². The number of aryl methyl sites for hydroxylation is 1. The van der Waals surface area contributed by atoms with Crippen LogP contribution in [-0.4, -0.2) is 82.0 Å². The summed E-state index contributed by atoms with van der Waals surface area (Å²) in [5.41, 5.74) is 0. The predicted octanol–water partition coefficient (Wildman–Crippen LogP) is 2.75. The average Bonchev–Trinajstić information content (AvgIpc) is 3.44. The highest BCUT2D eigenvalue weighted by Gasteiger charge is 2.24. The van der Waals surface area contributed by atoms with Gasteiger partial charge >= 0.3 is 0 Å². The second kappa shape index (κ2) is 11.1. The first-order chi connectivity index (χ1) is 13.7. The topological polar surface area (TPSA) is 49.3 Å². The lowest BCUT2D eigenvalue weighted by Gasteiger charge is -2.33. The maximum absolute atomic E-state index is 5.80. The maximum atomic E-state index is 5.80. The summed E-state index contributed by atoms with van der Waals surface area (Å²) < 4.78 is 11.4. The Kier molecular flexibility index (Phi) is 8.58. The Hall–Kier alpha value is -1.15. The SMILES string of the molecule is CCNC(=NCC(c1ccc(C)s1)N1CCOCC1)N(C)CCOCC1CC1. The monoisotopic (exact) mass is 408 g/mol. The van der Waals surface area contributed by atoms with Gasteiger partial charge in [0.25, 0.3) is 0 Å². The highest BCUT2D eigenvalue weighted by Crippen LogP contribution is 2.29. The number of guanidine groups is 1. The molecule has 1 aromatic rings. The molecule has 1 atom stereocenters. The van der Waals surface area contributed by atoms with Crippen molar-refractivity contribution in [2.45, 2.75) is 32.7 Å². The second-order valence-corrected chi connectivity index (χ2v) is 9.07. The first kappa shape index (κ1) is 21.6. The molecule has 1 saturated heterocycles. The van der Waals surface area contributed by atoms with Crippen LogP contribution in [0.2, 0.25) is 0 Å². The van der Waals surface area contributed by atoms with Gasteiger partial charge in [-0.1, -0.05) is 0 Å². The Labute approximate surface area is 173 Å². The lowest BCUT2D eigenvalue weighted by Crippen LogP contribution is -2.43. The molecule has 1 unspecified atom stereocenters. The number of likely N-dealkylation sites (N-methyl/N-ethyl adjacent to an activating group) is 1. The van der Waals surface area contributed by atoms with Crippen molar-refractivity contribution in [3.05, 3.63) is 21.9 Å². The normalized spacial score (nSPS) is 19.6. The van der Waals surface area contributed by atoms with Crippen LogP contribution in [0.1, 0.15) is 35.6 Å². The van der Waals surface area contributed by atoms with E-state index in [4.69, 9.17) is 14.5 Å². The number of ether oxygens (including phenoxy) is 2. The van der Waals surface area contributed by atoms with Gasteiger partial charge in [-0.25, -0.2) is 0 Å². The average molecular weight is 409 g/mol. The Bertz CT molecular complexity index is 611. The van der Waals surface area contributed by atoms with E-state index < -0.39 is 0 Å². The molecular weight excluding hydrogens is 372 g/mol. The summed E-state index contributed by atoms with van der Waals surface area (Å²) in [5.74, 6) is 1.78. The first-order valence-electron chi connectivity index (χ1n) is 10.6. The molecule has 1 aliphatic carbocycles. The Morgan fingerprint density at radius 3 is 2.82 bits per heavy atom. The molecule has 28 heavy (non-hydrogen) atoms. The standard InChI is InChI=1S/C21H36N4O2S/c1-4-22-21(24(3)9-12-27-16-18-6-7-18)23-15-19(20-8-5-17(2)28-20)25-10-13-26-14-11-25/h5,8,18-19H,4,6-7,9-16H2,1-3H3,(H,22,23). The molecule has 1 N–H and O–H groups in total. The first-order valence-corrected chi connectivity index (χ1v) is 11.4. The molecule has 2 heterocycles. The highest BCUT2D eigenvalue weighted by atomic mass is 32.1. The molecule has 2 fully saturated rings. The summed E-state index contributed by atoms with van der Waals surface area (Å²) in [6.45, 7) is 12.0. The fourth-order valence-electron chi connectivity index (χ4n) is 3.39. The van der Waals surface area contributed by atoms with Crippen LogP contribution in [0.4, 0.5) is 0 Å². The number of hydrogen-bond donors (Lipinski definition) is 1. The predicted molar refractivity (Wildman–Crippen MR) is 116 cm³/mol. The third kappa shape index (κ3) is 6.72. The van der Waals surface area contributed by atoms with Crippen molar-refractivity contribution in [1.29, 1.82) is 0 Å². The van der Waals surface area contributed by atoms with Crippen LogP contribution in [0, 0.1) is 12.8 Å². The van der Waals surface area contributed by atoms with E-state index in [-0.39, 0.29) is 0 Å². The fourth-order valence-corrected chi connectivity index (χ4v) is 4.40. The van der Waals surface area contributed by atoms with Crippen LogP contribution < -0.4 is 5.32 Å². The minimum Gasteiger partial charge on any atom is -0.379 e. The molecule has 158 valence electrons. The molecule has 1 aromatic heterocycles. The smallest absolute Gasteiger partial charge is 0.193 e.